The molecule has 0 radical (unpaired) electrons. The number of carbonyl (C=O) groups excluding carboxylic acids is 6. The third-order valence-electron chi connectivity index (χ3n) is 17.3. The highest BCUT2D eigenvalue weighted by Gasteiger charge is 2.35. The minimum atomic E-state index is -0.490. The molecule has 3 aliphatic rings. The largest absolute Gasteiger partial charge is 0.449 e. The van der Waals surface area contributed by atoms with Crippen molar-refractivity contribution in [2.75, 3.05) is 69.7 Å². The quantitative estimate of drug-likeness (QED) is 0.0144. The summed E-state index contributed by atoms with van der Waals surface area (Å²) in [5, 5.41) is 17.8. The van der Waals surface area contributed by atoms with Crippen LogP contribution in [-0.2, 0) is 14.3 Å². The van der Waals surface area contributed by atoms with E-state index in [9.17, 15) is 38.4 Å². The minimum Gasteiger partial charge on any atom is -0.449 e. The van der Waals surface area contributed by atoms with E-state index in [1.165, 1.54) is 28.4 Å². The van der Waals surface area contributed by atoms with Crippen LogP contribution in [0, 0.1) is 17.8 Å². The molecule has 2 aromatic heterocycles. The van der Waals surface area contributed by atoms with Crippen LogP contribution in [0.4, 0.5) is 19.2 Å². The van der Waals surface area contributed by atoms with E-state index in [4.69, 9.17) is 9.47 Å². The number of allylic oxidation sites excluding steroid dienone is 3. The van der Waals surface area contributed by atoms with Crippen molar-refractivity contribution < 1.29 is 38.2 Å². The van der Waals surface area contributed by atoms with Crippen LogP contribution in [-0.4, -0.2) is 116 Å². The number of urea groups is 2. The second-order valence-electron chi connectivity index (χ2n) is 24.0. The fourth-order valence-electron chi connectivity index (χ4n) is 12.2. The average molecular weight is 1400 g/mol. The van der Waals surface area contributed by atoms with Crippen LogP contribution < -0.4 is 37.4 Å². The van der Waals surface area contributed by atoms with Crippen LogP contribution in [0.5, 0.6) is 0 Å². The summed E-state index contributed by atoms with van der Waals surface area (Å²) in [5.41, 5.74) is 0.841. The number of Topliss-reactive ketones (excluding diaryl/α,β-unsaturated/α-hetero) is 1. The second-order valence-corrected chi connectivity index (χ2v) is 30.9. The first-order chi connectivity index (χ1) is 46.5. The van der Waals surface area contributed by atoms with Crippen molar-refractivity contribution in [1.82, 2.24) is 31.5 Å². The van der Waals surface area contributed by atoms with Crippen molar-refractivity contribution >= 4 is 146 Å². The molecule has 16 nitrogen and oxygen atoms in total. The van der Waals surface area contributed by atoms with Gasteiger partial charge in [0.1, 0.15) is 13.2 Å². The Morgan fingerprint density at radius 1 is 0.495 bits per heavy atom. The number of thioether (sulfide) groups is 4. The van der Waals surface area contributed by atoms with Gasteiger partial charge in [0.2, 0.25) is 5.91 Å². The zero-order valence-corrected chi connectivity index (χ0v) is 58.4. The monoisotopic (exact) mass is 1400 g/mol. The van der Waals surface area contributed by atoms with Gasteiger partial charge in [0.05, 0.1) is 5.92 Å². The number of nitrogens with zero attached hydrogens (tertiary/aromatic N) is 1. The number of ketones is 1. The van der Waals surface area contributed by atoms with Gasteiger partial charge in [-0.15, -0.1) is 69.7 Å². The molecule has 95 heavy (non-hydrogen) atoms. The molecule has 2 aliphatic carbocycles. The van der Waals surface area contributed by atoms with Crippen molar-refractivity contribution in [2.24, 2.45) is 17.8 Å². The summed E-state index contributed by atoms with van der Waals surface area (Å²) in [4.78, 5) is 110. The second kappa shape index (κ2) is 37.1. The maximum absolute atomic E-state index is 13.6. The minimum absolute atomic E-state index is 0.0124. The normalized spacial score (nSPS) is 16.4. The van der Waals surface area contributed by atoms with Crippen LogP contribution in [0.1, 0.15) is 113 Å². The molecule has 3 heterocycles. The Morgan fingerprint density at radius 3 is 1.56 bits per heavy atom. The molecule has 5 aromatic carbocycles. The predicted molar refractivity (Wildman–Crippen MR) is 392 cm³/mol. The zero-order valence-electron chi connectivity index (χ0n) is 53.5. The highest BCUT2D eigenvalue weighted by Crippen LogP contribution is 2.43. The van der Waals surface area contributed by atoms with Crippen LogP contribution in [0.3, 0.4) is 0 Å². The number of carbonyl (C=O) groups is 6. The van der Waals surface area contributed by atoms with Crippen molar-refractivity contribution in [3.63, 3.8) is 0 Å². The number of hydrogen-bond donors (Lipinski definition) is 5. The Labute approximate surface area is 580 Å². The molecule has 0 spiro atoms. The summed E-state index contributed by atoms with van der Waals surface area (Å²) >= 11 is 9.77. The van der Waals surface area contributed by atoms with E-state index in [1.54, 1.807) is 46.2 Å². The highest BCUT2D eigenvalue weighted by atomic mass is 32.2. The Morgan fingerprint density at radius 2 is 0.979 bits per heavy atom. The molecular weight excluding hydrogens is 1310 g/mol. The van der Waals surface area contributed by atoms with Crippen LogP contribution >= 0.6 is 69.7 Å². The molecule has 10 rings (SSSR count). The maximum Gasteiger partial charge on any atom is 0.407 e. The molecule has 5 N–H and O–H groups in total. The van der Waals surface area contributed by atoms with E-state index in [-0.39, 0.29) is 59.4 Å². The topological polar surface area (TPSA) is 218 Å². The van der Waals surface area contributed by atoms with E-state index < -0.39 is 24.2 Å². The lowest BCUT2D eigenvalue weighted by atomic mass is 9.90. The van der Waals surface area contributed by atoms with E-state index >= 15 is 0 Å². The highest BCUT2D eigenvalue weighted by molar-refractivity contribution is 8.00. The van der Waals surface area contributed by atoms with Gasteiger partial charge in [0.25, 0.3) is 0 Å². The predicted octanol–water partition coefficient (Wildman–Crippen LogP) is 16.0. The number of alkyl carbamates (subject to hydrolysis) is 2. The smallest absolute Gasteiger partial charge is 0.407 e. The molecule has 0 saturated heterocycles. The van der Waals surface area contributed by atoms with Crippen LogP contribution in [0.15, 0.2) is 157 Å². The van der Waals surface area contributed by atoms with Gasteiger partial charge in [-0.2, -0.15) is 0 Å². The molecule has 4 atom stereocenters. The number of benzene rings is 5. The Hall–Kier alpha value is -6.82. The van der Waals surface area contributed by atoms with Crippen molar-refractivity contribution in [3.05, 3.63) is 153 Å². The van der Waals surface area contributed by atoms with Crippen LogP contribution in [0.25, 0.3) is 40.3 Å². The summed E-state index contributed by atoms with van der Waals surface area (Å²) in [6, 6.07) is 32.5. The molecule has 4 unspecified atom stereocenters. The lowest BCUT2D eigenvalue weighted by Crippen LogP contribution is -2.49. The Bertz CT molecular complexity index is 4010. The van der Waals surface area contributed by atoms with Gasteiger partial charge in [-0.1, -0.05) is 93.5 Å². The van der Waals surface area contributed by atoms with E-state index in [1.807, 2.05) is 109 Å². The number of ether oxygens (including phenoxy) is 2. The molecule has 7 amide bonds. The number of fused-ring (bicyclic) bond motifs is 6. The summed E-state index contributed by atoms with van der Waals surface area (Å²) in [7, 11) is 0. The number of nitrogens with one attached hydrogen (secondary N) is 5. The maximum atomic E-state index is 13.6. The third kappa shape index (κ3) is 20.6. The van der Waals surface area contributed by atoms with Gasteiger partial charge in [0, 0.05) is 127 Å². The molecule has 502 valence electrons. The molecular formula is C73H84N6O10S6. The number of unbranched alkanes of at least 4 members (excludes halogenated alkanes) is 9. The van der Waals surface area contributed by atoms with Gasteiger partial charge in [-0.05, 0) is 148 Å². The van der Waals surface area contributed by atoms with Gasteiger partial charge in [-0.25, -0.2) is 24.1 Å². The van der Waals surface area contributed by atoms with Gasteiger partial charge >= 0.3 is 24.2 Å². The van der Waals surface area contributed by atoms with Gasteiger partial charge in [-0.3, -0.25) is 19.2 Å². The van der Waals surface area contributed by atoms with Gasteiger partial charge < -0.3 is 36.1 Å². The molecule has 22 heteroatoms. The SMILES string of the molecule is O=C(NCCCCCCNC(=O)N(CCCCCCNC(=O)OCCSc1ccc2c(c1)C(=O)C1C=CC=CC1S2)C(=O)NCCCCCCNC(=O)C1CCCC1CCSc1ccc2sc3ccccc3c(=O)c2c1)OCCSc1ccc2sc3ccccc3c(=O)c2c1. The average Bonchev–Trinajstić information content (AvgIpc) is 1.24. The lowest BCUT2D eigenvalue weighted by Gasteiger charge is -2.29. The number of imide groups is 1. The van der Waals surface area contributed by atoms with Crippen molar-refractivity contribution in [3.8, 4) is 0 Å². The Balaban J connectivity index is 0.585. The zero-order chi connectivity index (χ0) is 66.1. The van der Waals surface area contributed by atoms with E-state index in [0.29, 0.717) is 80.2 Å². The summed E-state index contributed by atoms with van der Waals surface area (Å²) < 4.78 is 14.7. The number of rotatable bonds is 34. The summed E-state index contributed by atoms with van der Waals surface area (Å²) in [6.07, 6.45) is 20.1. The Kier molecular flexibility index (Phi) is 27.7. The molecule has 1 aliphatic heterocycles. The lowest BCUT2D eigenvalue weighted by molar-refractivity contribution is -0.126. The number of amides is 7. The fraction of sp³-hybridized carbons (Fsp3) is 0.425. The van der Waals surface area contributed by atoms with Crippen LogP contribution in [0.2, 0.25) is 0 Å². The standard InChI is InChI=1S/C73H84N6O10S6/c80-66-54-21-7-10-25-60(54)93-63-31-28-50(46-57(63)66)90-43-34-49-20-19-24-53(49)69(83)74-35-13-1-2-14-36-75-70(84)79(40-18-6-5-17-39-78-73(87)89-42-45-92-52-30-33-65-59(48-52)68(82)56-23-9-12-27-62(56)95-65)71(85)76-37-15-3-4-16-38-77-72(86)88-41-44-91-51-29-32-64-58(47-51)67(81)55-22-8-11-26-61(55)94-64/h7-12,21-23,25-33,46-49,53,56,62H,1-6,13-20,24,34-45H2,(H,74,83)(H,75,84)(H,76,85)(H,77,86)(H,78,87). The molecule has 1 saturated carbocycles. The molecule has 7 aromatic rings. The molecule has 0 bridgehead atoms. The first kappa shape index (κ1) is 71.0. The first-order valence-corrected chi connectivity index (χ1v) is 38.9. The van der Waals surface area contributed by atoms with Crippen molar-refractivity contribution in [2.45, 2.75) is 128 Å². The number of hydrogen-bond acceptors (Lipinski definition) is 16. The van der Waals surface area contributed by atoms with E-state index in [2.05, 4.69) is 44.8 Å². The van der Waals surface area contributed by atoms with Crippen molar-refractivity contribution in [1.29, 1.82) is 0 Å². The first-order valence-electron chi connectivity index (χ1n) is 33.4. The fourth-order valence-corrected chi connectivity index (χ4v) is 18.1. The van der Waals surface area contributed by atoms with E-state index in [0.717, 1.165) is 144 Å². The summed E-state index contributed by atoms with van der Waals surface area (Å²) in [6.45, 7) is 2.95. The summed E-state index contributed by atoms with van der Waals surface area (Å²) in [5.74, 6) is 2.46. The molecule has 1 fully saturated rings. The van der Waals surface area contributed by atoms with Gasteiger partial charge in [0.15, 0.2) is 16.6 Å². The third-order valence-corrected chi connectivity index (χ3v) is 23.9.